The number of nitriles is 1. The molecular weight excluding hydrogens is 202 g/mol. The zero-order chi connectivity index (χ0) is 12.1. The van der Waals surface area contributed by atoms with Gasteiger partial charge < -0.3 is 10.2 Å². The van der Waals surface area contributed by atoms with Crippen molar-refractivity contribution >= 4 is 11.8 Å². The summed E-state index contributed by atoms with van der Waals surface area (Å²) in [5.41, 5.74) is 0.908. The molecule has 5 nitrogen and oxygen atoms in total. The molecule has 0 saturated carbocycles. The second kappa shape index (κ2) is 5.31. The topological polar surface area (TPSA) is 64.8 Å². The lowest BCUT2D eigenvalue weighted by molar-refractivity contribution is 0.709. The van der Waals surface area contributed by atoms with E-state index < -0.39 is 0 Å². The lowest BCUT2D eigenvalue weighted by Crippen LogP contribution is -2.24. The molecule has 1 rings (SSSR count). The van der Waals surface area contributed by atoms with Crippen LogP contribution < -0.4 is 10.2 Å². The Balaban J connectivity index is 2.87. The third-order valence-electron chi connectivity index (χ3n) is 2.22. The molecule has 0 aliphatic rings. The van der Waals surface area contributed by atoms with Crippen molar-refractivity contribution in [3.63, 3.8) is 0 Å². The number of aromatic nitrogens is 2. The molecule has 16 heavy (non-hydrogen) atoms. The number of rotatable bonds is 4. The number of nitrogens with one attached hydrogen (secondary N) is 1. The van der Waals surface area contributed by atoms with Gasteiger partial charge >= 0.3 is 0 Å². The van der Waals surface area contributed by atoms with Crippen molar-refractivity contribution in [1.82, 2.24) is 9.97 Å². The molecule has 86 valence electrons. The smallest absolute Gasteiger partial charge is 0.224 e. The van der Waals surface area contributed by atoms with E-state index in [1.165, 1.54) is 0 Å². The summed E-state index contributed by atoms with van der Waals surface area (Å²) in [5, 5.41) is 11.7. The van der Waals surface area contributed by atoms with Crippen LogP contribution in [0.25, 0.3) is 0 Å². The van der Waals surface area contributed by atoms with Crippen molar-refractivity contribution in [1.29, 1.82) is 5.26 Å². The SMILES string of the molecule is CNc1nc(C)cc(N(C)CC(C)C#N)n1. The van der Waals surface area contributed by atoms with Crippen LogP contribution in [0.2, 0.25) is 0 Å². The van der Waals surface area contributed by atoms with Gasteiger partial charge in [-0.2, -0.15) is 10.2 Å². The highest BCUT2D eigenvalue weighted by molar-refractivity contribution is 5.44. The molecule has 0 fully saturated rings. The van der Waals surface area contributed by atoms with Gasteiger partial charge in [-0.15, -0.1) is 0 Å². The molecule has 0 aliphatic heterocycles. The number of anilines is 2. The van der Waals surface area contributed by atoms with Gasteiger partial charge in [0.2, 0.25) is 5.95 Å². The molecule has 0 aromatic carbocycles. The van der Waals surface area contributed by atoms with Gasteiger partial charge in [-0.3, -0.25) is 0 Å². The van der Waals surface area contributed by atoms with Gasteiger partial charge in [-0.25, -0.2) is 4.98 Å². The molecule has 0 bridgehead atoms. The second-order valence-electron chi connectivity index (χ2n) is 3.85. The van der Waals surface area contributed by atoms with E-state index in [9.17, 15) is 0 Å². The largest absolute Gasteiger partial charge is 0.358 e. The van der Waals surface area contributed by atoms with Crippen LogP contribution in [-0.4, -0.2) is 30.6 Å². The van der Waals surface area contributed by atoms with E-state index in [0.717, 1.165) is 11.5 Å². The van der Waals surface area contributed by atoms with Crippen LogP contribution in [0, 0.1) is 24.2 Å². The summed E-state index contributed by atoms with van der Waals surface area (Å²) in [4.78, 5) is 10.5. The third kappa shape index (κ3) is 3.09. The van der Waals surface area contributed by atoms with Gasteiger partial charge in [0.05, 0.1) is 12.0 Å². The summed E-state index contributed by atoms with van der Waals surface area (Å²) < 4.78 is 0. The summed E-state index contributed by atoms with van der Waals surface area (Å²) >= 11 is 0. The first-order valence-corrected chi connectivity index (χ1v) is 5.21. The number of nitrogens with zero attached hydrogens (tertiary/aromatic N) is 4. The predicted octanol–water partition coefficient (Wildman–Crippen LogP) is 1.42. The molecule has 1 heterocycles. The maximum atomic E-state index is 8.76. The zero-order valence-electron chi connectivity index (χ0n) is 10.2. The fourth-order valence-corrected chi connectivity index (χ4v) is 1.40. The molecule has 1 aromatic heterocycles. The van der Waals surface area contributed by atoms with Crippen molar-refractivity contribution in [3.8, 4) is 6.07 Å². The van der Waals surface area contributed by atoms with Crippen LogP contribution in [0.1, 0.15) is 12.6 Å². The van der Waals surface area contributed by atoms with Crippen molar-refractivity contribution in [3.05, 3.63) is 11.8 Å². The van der Waals surface area contributed by atoms with Crippen molar-refractivity contribution < 1.29 is 0 Å². The monoisotopic (exact) mass is 219 g/mol. The van der Waals surface area contributed by atoms with E-state index in [4.69, 9.17) is 5.26 Å². The first-order chi connectivity index (χ1) is 7.56. The number of aryl methyl sites for hydroxylation is 1. The minimum absolute atomic E-state index is 0.0155. The molecule has 1 atom stereocenters. The van der Waals surface area contributed by atoms with E-state index in [-0.39, 0.29) is 5.92 Å². The third-order valence-corrected chi connectivity index (χ3v) is 2.22. The van der Waals surface area contributed by atoms with Gasteiger partial charge in [0.1, 0.15) is 5.82 Å². The highest BCUT2D eigenvalue weighted by atomic mass is 15.2. The minimum Gasteiger partial charge on any atom is -0.358 e. The average molecular weight is 219 g/mol. The molecule has 0 saturated heterocycles. The van der Waals surface area contributed by atoms with Gasteiger partial charge in [0.15, 0.2) is 0 Å². The van der Waals surface area contributed by atoms with Crippen LogP contribution >= 0.6 is 0 Å². The van der Waals surface area contributed by atoms with Crippen LogP contribution in [0.3, 0.4) is 0 Å². The van der Waals surface area contributed by atoms with Gasteiger partial charge in [-0.05, 0) is 13.8 Å². The Bertz CT molecular complexity index is 396. The number of hydrogen-bond acceptors (Lipinski definition) is 5. The van der Waals surface area contributed by atoms with Crippen LogP contribution in [-0.2, 0) is 0 Å². The highest BCUT2D eigenvalue weighted by Gasteiger charge is 2.09. The number of hydrogen-bond donors (Lipinski definition) is 1. The second-order valence-corrected chi connectivity index (χ2v) is 3.85. The maximum absolute atomic E-state index is 8.76. The van der Waals surface area contributed by atoms with E-state index >= 15 is 0 Å². The van der Waals surface area contributed by atoms with Gasteiger partial charge in [-0.1, -0.05) is 0 Å². The van der Waals surface area contributed by atoms with E-state index in [1.54, 1.807) is 7.05 Å². The highest BCUT2D eigenvalue weighted by Crippen LogP contribution is 2.14. The zero-order valence-corrected chi connectivity index (χ0v) is 10.2. The standard InChI is InChI=1S/C11H17N5/c1-8(6-12)7-16(4)10-5-9(2)14-11(13-3)15-10/h5,8H,7H2,1-4H3,(H,13,14,15). The van der Waals surface area contributed by atoms with Gasteiger partial charge in [0, 0.05) is 32.4 Å². The molecule has 0 radical (unpaired) electrons. The lowest BCUT2D eigenvalue weighted by Gasteiger charge is -2.20. The molecule has 5 heteroatoms. The first-order valence-electron chi connectivity index (χ1n) is 5.21. The Kier molecular flexibility index (Phi) is 4.06. The summed E-state index contributed by atoms with van der Waals surface area (Å²) in [5.74, 6) is 1.42. The Labute approximate surface area is 96.1 Å². The quantitative estimate of drug-likeness (QED) is 0.829. The molecule has 1 unspecified atom stereocenters. The first kappa shape index (κ1) is 12.2. The summed E-state index contributed by atoms with van der Waals surface area (Å²) in [6, 6.07) is 4.12. The Hall–Kier alpha value is -1.83. The van der Waals surface area contributed by atoms with E-state index in [0.29, 0.717) is 12.5 Å². The van der Waals surface area contributed by atoms with E-state index in [1.807, 2.05) is 31.9 Å². The molecule has 0 aliphatic carbocycles. The van der Waals surface area contributed by atoms with Crippen LogP contribution in [0.15, 0.2) is 6.07 Å². The van der Waals surface area contributed by atoms with Crippen molar-refractivity contribution in [2.45, 2.75) is 13.8 Å². The lowest BCUT2D eigenvalue weighted by atomic mass is 10.2. The van der Waals surface area contributed by atoms with Crippen molar-refractivity contribution in [2.75, 3.05) is 30.9 Å². The maximum Gasteiger partial charge on any atom is 0.224 e. The molecule has 0 spiro atoms. The summed E-state index contributed by atoms with van der Waals surface area (Å²) in [6.07, 6.45) is 0. The minimum atomic E-state index is -0.0155. The molecular formula is C11H17N5. The Morgan fingerprint density at radius 3 is 2.81 bits per heavy atom. The normalized spacial score (nSPS) is 11.7. The van der Waals surface area contributed by atoms with Crippen molar-refractivity contribution in [2.24, 2.45) is 5.92 Å². The fraction of sp³-hybridized carbons (Fsp3) is 0.545. The Morgan fingerprint density at radius 2 is 2.25 bits per heavy atom. The average Bonchev–Trinajstić information content (AvgIpc) is 2.27. The molecule has 1 N–H and O–H groups in total. The van der Waals surface area contributed by atoms with Gasteiger partial charge in [0.25, 0.3) is 0 Å². The Morgan fingerprint density at radius 1 is 1.56 bits per heavy atom. The van der Waals surface area contributed by atoms with E-state index in [2.05, 4.69) is 21.4 Å². The fourth-order valence-electron chi connectivity index (χ4n) is 1.40. The van der Waals surface area contributed by atoms with Crippen LogP contribution in [0.4, 0.5) is 11.8 Å². The molecule has 0 amide bonds. The molecule has 1 aromatic rings. The summed E-state index contributed by atoms with van der Waals surface area (Å²) in [7, 11) is 3.71. The van der Waals surface area contributed by atoms with Crippen LogP contribution in [0.5, 0.6) is 0 Å². The predicted molar refractivity (Wildman–Crippen MR) is 64.4 cm³/mol. The summed E-state index contributed by atoms with van der Waals surface area (Å²) in [6.45, 7) is 4.48.